The maximum atomic E-state index is 12.6. The highest BCUT2D eigenvalue weighted by Crippen LogP contribution is 2.19. The summed E-state index contributed by atoms with van der Waals surface area (Å²) in [6, 6.07) is 6.22. The Morgan fingerprint density at radius 2 is 2.07 bits per heavy atom. The first-order valence-corrected chi connectivity index (χ1v) is 5.53. The Bertz CT molecular complexity index is 441. The van der Waals surface area contributed by atoms with Gasteiger partial charge in [-0.25, -0.2) is 9.37 Å². The summed E-state index contributed by atoms with van der Waals surface area (Å²) in [4.78, 5) is 4.97. The van der Waals surface area contributed by atoms with Crippen molar-refractivity contribution in [2.45, 2.75) is 6.54 Å². The van der Waals surface area contributed by atoms with Crippen LogP contribution in [0.2, 0.25) is 4.47 Å². The minimum atomic E-state index is -0.235. The lowest BCUT2D eigenvalue weighted by Crippen LogP contribution is -1.96. The third-order valence-corrected chi connectivity index (χ3v) is 2.95. The van der Waals surface area contributed by atoms with Gasteiger partial charge >= 0.3 is 0 Å². The van der Waals surface area contributed by atoms with Crippen LogP contribution in [0.1, 0.15) is 4.88 Å². The van der Waals surface area contributed by atoms with Gasteiger partial charge in [-0.3, -0.25) is 0 Å². The van der Waals surface area contributed by atoms with E-state index in [1.165, 1.54) is 23.5 Å². The van der Waals surface area contributed by atoms with Crippen molar-refractivity contribution in [1.82, 2.24) is 4.98 Å². The highest BCUT2D eigenvalue weighted by Gasteiger charge is 1.99. The monoisotopic (exact) mass is 242 g/mol. The summed E-state index contributed by atoms with van der Waals surface area (Å²) in [5.41, 5.74) is 0.876. The Morgan fingerprint density at radius 1 is 1.33 bits per heavy atom. The topological polar surface area (TPSA) is 24.9 Å². The number of benzene rings is 1. The van der Waals surface area contributed by atoms with E-state index in [0.717, 1.165) is 10.6 Å². The number of halogens is 2. The van der Waals surface area contributed by atoms with Gasteiger partial charge in [-0.1, -0.05) is 11.6 Å². The molecule has 0 aliphatic rings. The fraction of sp³-hybridized carbons (Fsp3) is 0.100. The molecule has 0 atom stereocenters. The molecule has 15 heavy (non-hydrogen) atoms. The van der Waals surface area contributed by atoms with E-state index in [9.17, 15) is 4.39 Å². The van der Waals surface area contributed by atoms with Crippen LogP contribution in [-0.2, 0) is 6.54 Å². The molecule has 0 bridgehead atoms. The van der Waals surface area contributed by atoms with Crippen molar-refractivity contribution in [3.05, 3.63) is 45.6 Å². The number of thiazole rings is 1. The fourth-order valence-electron chi connectivity index (χ4n) is 1.12. The number of rotatable bonds is 3. The molecule has 1 aromatic heterocycles. The van der Waals surface area contributed by atoms with Crippen LogP contribution in [0.3, 0.4) is 0 Å². The first kappa shape index (κ1) is 10.4. The van der Waals surface area contributed by atoms with Gasteiger partial charge in [0.15, 0.2) is 4.47 Å². The zero-order valence-corrected chi connectivity index (χ0v) is 9.28. The molecule has 1 heterocycles. The zero-order valence-electron chi connectivity index (χ0n) is 7.71. The number of nitrogens with zero attached hydrogens (tertiary/aromatic N) is 1. The summed E-state index contributed by atoms with van der Waals surface area (Å²) >= 11 is 7.12. The van der Waals surface area contributed by atoms with Crippen LogP contribution in [0.5, 0.6) is 0 Å². The molecule has 0 fully saturated rings. The normalized spacial score (nSPS) is 10.3. The maximum Gasteiger partial charge on any atom is 0.183 e. The molecule has 0 aliphatic carbocycles. The molecule has 0 unspecified atom stereocenters. The number of hydrogen-bond acceptors (Lipinski definition) is 3. The van der Waals surface area contributed by atoms with Crippen LogP contribution in [0, 0.1) is 5.82 Å². The molecule has 0 amide bonds. The van der Waals surface area contributed by atoms with Crippen LogP contribution in [-0.4, -0.2) is 4.98 Å². The van der Waals surface area contributed by atoms with E-state index in [1.54, 1.807) is 18.3 Å². The molecule has 0 radical (unpaired) electrons. The van der Waals surface area contributed by atoms with Gasteiger partial charge in [0.2, 0.25) is 0 Å². The summed E-state index contributed by atoms with van der Waals surface area (Å²) < 4.78 is 13.1. The van der Waals surface area contributed by atoms with Crippen molar-refractivity contribution in [3.63, 3.8) is 0 Å². The Labute approximate surface area is 95.7 Å². The smallest absolute Gasteiger partial charge is 0.183 e. The standard InChI is InChI=1S/C10H8ClFN2S/c11-10-14-6-9(15-10)5-13-8-3-1-7(12)2-4-8/h1-4,6,13H,5H2. The Kier molecular flexibility index (Phi) is 3.18. The summed E-state index contributed by atoms with van der Waals surface area (Å²) in [5.74, 6) is -0.235. The molecule has 78 valence electrons. The summed E-state index contributed by atoms with van der Waals surface area (Å²) in [5, 5.41) is 3.15. The first-order chi connectivity index (χ1) is 7.24. The molecule has 0 saturated carbocycles. The van der Waals surface area contributed by atoms with Gasteiger partial charge in [-0.05, 0) is 24.3 Å². The Hall–Kier alpha value is -1.13. The number of hydrogen-bond donors (Lipinski definition) is 1. The highest BCUT2D eigenvalue weighted by atomic mass is 35.5. The lowest BCUT2D eigenvalue weighted by molar-refractivity contribution is 0.628. The largest absolute Gasteiger partial charge is 0.380 e. The van der Waals surface area contributed by atoms with Crippen LogP contribution >= 0.6 is 22.9 Å². The lowest BCUT2D eigenvalue weighted by Gasteiger charge is -2.03. The molecule has 1 N–H and O–H groups in total. The van der Waals surface area contributed by atoms with Gasteiger partial charge in [0.25, 0.3) is 0 Å². The third-order valence-electron chi connectivity index (χ3n) is 1.84. The molecule has 0 spiro atoms. The van der Waals surface area contributed by atoms with Crippen LogP contribution < -0.4 is 5.32 Å². The lowest BCUT2D eigenvalue weighted by atomic mass is 10.3. The first-order valence-electron chi connectivity index (χ1n) is 4.34. The molecule has 2 aromatic rings. The molecule has 1 aromatic carbocycles. The minimum Gasteiger partial charge on any atom is -0.380 e. The van der Waals surface area contributed by atoms with E-state index in [1.807, 2.05) is 0 Å². The second-order valence-electron chi connectivity index (χ2n) is 2.94. The van der Waals surface area contributed by atoms with Gasteiger partial charge in [0.1, 0.15) is 5.82 Å². The summed E-state index contributed by atoms with van der Waals surface area (Å²) in [6.45, 7) is 0.649. The van der Waals surface area contributed by atoms with Crippen LogP contribution in [0.4, 0.5) is 10.1 Å². The van der Waals surface area contributed by atoms with Gasteiger partial charge in [0, 0.05) is 16.8 Å². The van der Waals surface area contributed by atoms with E-state index >= 15 is 0 Å². The molecule has 5 heteroatoms. The molecular formula is C10H8ClFN2S. The van der Waals surface area contributed by atoms with Gasteiger partial charge < -0.3 is 5.32 Å². The van der Waals surface area contributed by atoms with Gasteiger partial charge in [-0.15, -0.1) is 11.3 Å². The Balaban J connectivity index is 1.96. The predicted octanol–water partition coefficient (Wildman–Crippen LogP) is 3.55. The van der Waals surface area contributed by atoms with E-state index in [0.29, 0.717) is 11.0 Å². The number of nitrogens with one attached hydrogen (secondary N) is 1. The minimum absolute atomic E-state index is 0.235. The van der Waals surface area contributed by atoms with Gasteiger partial charge in [-0.2, -0.15) is 0 Å². The average molecular weight is 243 g/mol. The van der Waals surface area contributed by atoms with Crippen molar-refractivity contribution < 1.29 is 4.39 Å². The fourth-order valence-corrected chi connectivity index (χ4v) is 2.04. The van der Waals surface area contributed by atoms with Crippen LogP contribution in [0.25, 0.3) is 0 Å². The van der Waals surface area contributed by atoms with E-state index < -0.39 is 0 Å². The maximum absolute atomic E-state index is 12.6. The van der Waals surface area contributed by atoms with E-state index in [-0.39, 0.29) is 5.82 Å². The van der Waals surface area contributed by atoms with Crippen molar-refractivity contribution in [3.8, 4) is 0 Å². The third kappa shape index (κ3) is 2.91. The quantitative estimate of drug-likeness (QED) is 0.891. The number of anilines is 1. The van der Waals surface area contributed by atoms with E-state index in [2.05, 4.69) is 10.3 Å². The second kappa shape index (κ2) is 4.59. The van der Waals surface area contributed by atoms with Crippen molar-refractivity contribution in [1.29, 1.82) is 0 Å². The molecular weight excluding hydrogens is 235 g/mol. The second-order valence-corrected chi connectivity index (χ2v) is 4.64. The number of aromatic nitrogens is 1. The Morgan fingerprint density at radius 3 is 2.67 bits per heavy atom. The molecule has 2 nitrogen and oxygen atoms in total. The summed E-state index contributed by atoms with van der Waals surface area (Å²) in [7, 11) is 0. The van der Waals surface area contributed by atoms with Crippen molar-refractivity contribution in [2.24, 2.45) is 0 Å². The van der Waals surface area contributed by atoms with Crippen molar-refractivity contribution >= 4 is 28.6 Å². The molecule has 2 rings (SSSR count). The molecule has 0 aliphatic heterocycles. The van der Waals surface area contributed by atoms with Crippen molar-refractivity contribution in [2.75, 3.05) is 5.32 Å². The van der Waals surface area contributed by atoms with Crippen LogP contribution in [0.15, 0.2) is 30.5 Å². The SMILES string of the molecule is Fc1ccc(NCc2cnc(Cl)s2)cc1. The van der Waals surface area contributed by atoms with Gasteiger partial charge in [0.05, 0.1) is 6.54 Å². The highest BCUT2D eigenvalue weighted by molar-refractivity contribution is 7.15. The average Bonchev–Trinajstić information content (AvgIpc) is 2.64. The zero-order chi connectivity index (χ0) is 10.7. The summed E-state index contributed by atoms with van der Waals surface area (Å²) in [6.07, 6.45) is 1.73. The molecule has 0 saturated heterocycles. The van der Waals surface area contributed by atoms with E-state index in [4.69, 9.17) is 11.6 Å². The predicted molar refractivity (Wildman–Crippen MR) is 60.9 cm³/mol.